The Morgan fingerprint density at radius 3 is 1.56 bits per heavy atom. The SMILES string of the molecule is CC(C)c1ccc2c(c1)C(C)(C)c1c-2ccc2c1C(C)(C)c1c-2c2ccccc2c2c3ccccc3c3ccccc3c12. The minimum absolute atomic E-state index is 0.0827. The molecule has 0 atom stereocenters. The van der Waals surface area contributed by atoms with Crippen molar-refractivity contribution in [2.75, 3.05) is 0 Å². The van der Waals surface area contributed by atoms with E-state index in [1.165, 1.54) is 93.2 Å². The molecule has 0 aromatic heterocycles. The fraction of sp³-hybridized carbons (Fsp3) is 0.209. The van der Waals surface area contributed by atoms with Gasteiger partial charge >= 0.3 is 0 Å². The summed E-state index contributed by atoms with van der Waals surface area (Å²) in [5.74, 6) is 0.511. The molecular formula is C43H36. The Morgan fingerprint density at radius 2 is 0.930 bits per heavy atom. The van der Waals surface area contributed by atoms with Crippen LogP contribution in [-0.2, 0) is 10.8 Å². The van der Waals surface area contributed by atoms with Crippen molar-refractivity contribution in [3.05, 3.63) is 131 Å². The van der Waals surface area contributed by atoms with Gasteiger partial charge in [0.1, 0.15) is 0 Å². The number of benzene rings is 7. The van der Waals surface area contributed by atoms with Gasteiger partial charge in [0, 0.05) is 10.8 Å². The maximum atomic E-state index is 2.49. The summed E-state index contributed by atoms with van der Waals surface area (Å²) in [6, 6.07) is 39.4. The molecular weight excluding hydrogens is 516 g/mol. The molecule has 0 radical (unpaired) electrons. The highest BCUT2D eigenvalue weighted by atomic mass is 14.5. The smallest absolute Gasteiger partial charge is 0.0168 e. The minimum atomic E-state index is -0.177. The van der Waals surface area contributed by atoms with E-state index in [4.69, 9.17) is 0 Å². The summed E-state index contributed by atoms with van der Waals surface area (Å²) in [4.78, 5) is 0. The molecule has 43 heavy (non-hydrogen) atoms. The van der Waals surface area contributed by atoms with E-state index in [-0.39, 0.29) is 10.8 Å². The van der Waals surface area contributed by atoms with Crippen molar-refractivity contribution in [3.63, 3.8) is 0 Å². The van der Waals surface area contributed by atoms with Gasteiger partial charge < -0.3 is 0 Å². The molecule has 0 amide bonds. The molecule has 0 saturated carbocycles. The van der Waals surface area contributed by atoms with Gasteiger partial charge in [-0.05, 0) is 99.1 Å². The van der Waals surface area contributed by atoms with E-state index in [9.17, 15) is 0 Å². The fourth-order valence-electron chi connectivity index (χ4n) is 9.03. The Bertz CT molecular complexity index is 2360. The normalized spacial score (nSPS) is 15.8. The second-order valence-corrected chi connectivity index (χ2v) is 14.3. The standard InChI is InChI=1S/C43H36/c1-24(2)25-19-20-28-33-21-22-34-37-32-18-12-11-17-31(32)36-29-15-9-7-13-26(29)27-14-8-10-16-30(27)38(36)41(37)43(5,6)40(34)39(33)42(3,4)35(28)23-25/h7-24H,1-6H3. The molecule has 2 aliphatic rings. The van der Waals surface area contributed by atoms with E-state index < -0.39 is 0 Å². The summed E-state index contributed by atoms with van der Waals surface area (Å²) in [5.41, 5.74) is 12.8. The molecule has 0 aliphatic heterocycles. The second-order valence-electron chi connectivity index (χ2n) is 14.3. The van der Waals surface area contributed by atoms with Crippen molar-refractivity contribution < 1.29 is 0 Å². The summed E-state index contributed by atoms with van der Waals surface area (Å²) in [5, 5.41) is 10.9. The van der Waals surface area contributed by atoms with E-state index in [2.05, 4.69) is 145 Å². The molecule has 2 aliphatic carbocycles. The lowest BCUT2D eigenvalue weighted by molar-refractivity contribution is 0.603. The largest absolute Gasteiger partial charge is 0.0616 e. The van der Waals surface area contributed by atoms with Crippen LogP contribution < -0.4 is 0 Å². The van der Waals surface area contributed by atoms with Gasteiger partial charge in [-0.1, -0.05) is 145 Å². The van der Waals surface area contributed by atoms with Crippen LogP contribution in [0.1, 0.15) is 75.3 Å². The highest BCUT2D eigenvalue weighted by molar-refractivity contribution is 6.35. The summed E-state index contributed by atoms with van der Waals surface area (Å²) in [7, 11) is 0. The molecule has 0 nitrogen and oxygen atoms in total. The molecule has 0 bridgehead atoms. The number of hydrogen-bond donors (Lipinski definition) is 0. The third kappa shape index (κ3) is 2.97. The van der Waals surface area contributed by atoms with Gasteiger partial charge in [-0.2, -0.15) is 0 Å². The van der Waals surface area contributed by atoms with Gasteiger partial charge in [0.25, 0.3) is 0 Å². The van der Waals surface area contributed by atoms with Crippen LogP contribution in [0.4, 0.5) is 0 Å². The van der Waals surface area contributed by atoms with Crippen molar-refractivity contribution in [1.82, 2.24) is 0 Å². The summed E-state index contributed by atoms with van der Waals surface area (Å²) in [6.07, 6.45) is 0. The van der Waals surface area contributed by atoms with Crippen molar-refractivity contribution >= 4 is 43.1 Å². The van der Waals surface area contributed by atoms with Gasteiger partial charge in [0.2, 0.25) is 0 Å². The molecule has 0 N–H and O–H groups in total. The molecule has 0 unspecified atom stereocenters. The topological polar surface area (TPSA) is 0 Å². The predicted octanol–water partition coefficient (Wildman–Crippen LogP) is 12.0. The van der Waals surface area contributed by atoms with Gasteiger partial charge in [0.05, 0.1) is 0 Å². The first kappa shape index (κ1) is 25.1. The molecule has 0 heterocycles. The highest BCUT2D eigenvalue weighted by Crippen LogP contribution is 2.62. The van der Waals surface area contributed by atoms with Crippen LogP contribution in [0.2, 0.25) is 0 Å². The molecule has 208 valence electrons. The van der Waals surface area contributed by atoms with E-state index in [0.717, 1.165) is 0 Å². The first-order chi connectivity index (χ1) is 20.7. The quantitative estimate of drug-likeness (QED) is 0.178. The maximum absolute atomic E-state index is 2.49. The maximum Gasteiger partial charge on any atom is 0.0168 e. The van der Waals surface area contributed by atoms with Crippen LogP contribution in [0.3, 0.4) is 0 Å². The van der Waals surface area contributed by atoms with Gasteiger partial charge in [-0.15, -0.1) is 0 Å². The van der Waals surface area contributed by atoms with E-state index in [1.807, 2.05) is 0 Å². The molecule has 0 heteroatoms. The van der Waals surface area contributed by atoms with Gasteiger partial charge in [0.15, 0.2) is 0 Å². The van der Waals surface area contributed by atoms with E-state index >= 15 is 0 Å². The van der Waals surface area contributed by atoms with Crippen molar-refractivity contribution in [2.24, 2.45) is 0 Å². The van der Waals surface area contributed by atoms with Crippen LogP contribution in [-0.4, -0.2) is 0 Å². The third-order valence-corrected chi connectivity index (χ3v) is 10.9. The van der Waals surface area contributed by atoms with Crippen LogP contribution in [0.5, 0.6) is 0 Å². The monoisotopic (exact) mass is 552 g/mol. The predicted molar refractivity (Wildman–Crippen MR) is 186 cm³/mol. The average Bonchev–Trinajstić information content (AvgIpc) is 3.40. The van der Waals surface area contributed by atoms with Crippen molar-refractivity contribution in [3.8, 4) is 22.3 Å². The number of hydrogen-bond acceptors (Lipinski definition) is 0. The Labute approximate surface area is 254 Å². The zero-order valence-electron chi connectivity index (χ0n) is 25.9. The minimum Gasteiger partial charge on any atom is -0.0616 e. The number of rotatable bonds is 1. The lowest BCUT2D eigenvalue weighted by Gasteiger charge is -2.31. The van der Waals surface area contributed by atoms with Crippen molar-refractivity contribution in [2.45, 2.75) is 58.3 Å². The molecule has 9 rings (SSSR count). The summed E-state index contributed by atoms with van der Waals surface area (Å²) >= 11 is 0. The summed E-state index contributed by atoms with van der Waals surface area (Å²) in [6.45, 7) is 14.5. The Morgan fingerprint density at radius 1 is 0.442 bits per heavy atom. The summed E-state index contributed by atoms with van der Waals surface area (Å²) < 4.78 is 0. The van der Waals surface area contributed by atoms with Crippen LogP contribution in [0.15, 0.2) is 103 Å². The number of fused-ring (bicyclic) bond motifs is 17. The zero-order chi connectivity index (χ0) is 29.4. The third-order valence-electron chi connectivity index (χ3n) is 10.9. The molecule has 0 fully saturated rings. The van der Waals surface area contributed by atoms with E-state index in [1.54, 1.807) is 0 Å². The van der Waals surface area contributed by atoms with Crippen LogP contribution >= 0.6 is 0 Å². The average molecular weight is 553 g/mol. The molecule has 7 aromatic rings. The Kier molecular flexibility index (Phi) is 4.76. The fourth-order valence-corrected chi connectivity index (χ4v) is 9.03. The molecule has 0 saturated heterocycles. The van der Waals surface area contributed by atoms with Crippen LogP contribution in [0.25, 0.3) is 65.3 Å². The van der Waals surface area contributed by atoms with Gasteiger partial charge in [-0.25, -0.2) is 0 Å². The first-order valence-corrected chi connectivity index (χ1v) is 15.8. The van der Waals surface area contributed by atoms with Crippen LogP contribution in [0, 0.1) is 0 Å². The van der Waals surface area contributed by atoms with Crippen molar-refractivity contribution in [1.29, 1.82) is 0 Å². The molecule has 0 spiro atoms. The zero-order valence-corrected chi connectivity index (χ0v) is 25.9. The molecule has 7 aromatic carbocycles. The van der Waals surface area contributed by atoms with Gasteiger partial charge in [-0.3, -0.25) is 0 Å². The first-order valence-electron chi connectivity index (χ1n) is 15.8. The Balaban J connectivity index is 1.49. The van der Waals surface area contributed by atoms with E-state index in [0.29, 0.717) is 5.92 Å². The Hall–Kier alpha value is -4.42. The lowest BCUT2D eigenvalue weighted by atomic mass is 9.71. The highest BCUT2D eigenvalue weighted by Gasteiger charge is 2.47. The second kappa shape index (κ2) is 8.14. The lowest BCUT2D eigenvalue weighted by Crippen LogP contribution is -2.24.